The van der Waals surface area contributed by atoms with Crippen molar-refractivity contribution in [3.05, 3.63) is 22.4 Å². The molecule has 0 radical (unpaired) electrons. The molecule has 0 fully saturated rings. The van der Waals surface area contributed by atoms with Gasteiger partial charge in [-0.25, -0.2) is 4.79 Å². The third kappa shape index (κ3) is 4.79. The Labute approximate surface area is 103 Å². The van der Waals surface area contributed by atoms with Gasteiger partial charge < -0.3 is 10.1 Å². The summed E-state index contributed by atoms with van der Waals surface area (Å²) in [6.45, 7) is 1.19. The maximum atomic E-state index is 13.1. The van der Waals surface area contributed by atoms with E-state index in [0.717, 1.165) is 4.88 Å². The zero-order valence-corrected chi connectivity index (χ0v) is 10.4. The lowest BCUT2D eigenvalue weighted by Crippen LogP contribution is -2.41. The highest BCUT2D eigenvalue weighted by molar-refractivity contribution is 7.09. The second-order valence-corrected chi connectivity index (χ2v) is 4.46. The Balaban J connectivity index is 2.23. The number of carbonyl (C=O) groups is 1. The number of nitrogens with one attached hydrogen (secondary N) is 1. The summed E-state index contributed by atoms with van der Waals surface area (Å²) in [4.78, 5) is 12.0. The zero-order chi connectivity index (χ0) is 12.7. The standard InChI is InChI=1S/C11H15F2NO2S/c1-2-16-10(15)11(12,13)8-14-6-5-9-4-3-7-17-9/h3-4,7,14H,2,5-6,8H2,1H3. The Bertz CT molecular complexity index is 341. The summed E-state index contributed by atoms with van der Waals surface area (Å²) < 4.78 is 30.6. The summed E-state index contributed by atoms with van der Waals surface area (Å²) in [7, 11) is 0. The van der Waals surface area contributed by atoms with Crippen LogP contribution < -0.4 is 5.32 Å². The monoisotopic (exact) mass is 263 g/mol. The number of hydrogen-bond acceptors (Lipinski definition) is 4. The molecule has 0 amide bonds. The van der Waals surface area contributed by atoms with Crippen LogP contribution in [0.3, 0.4) is 0 Å². The van der Waals surface area contributed by atoms with E-state index in [1.54, 1.807) is 11.3 Å². The molecule has 96 valence electrons. The number of hydrogen-bond donors (Lipinski definition) is 1. The molecule has 0 unspecified atom stereocenters. The van der Waals surface area contributed by atoms with Crippen molar-refractivity contribution in [1.82, 2.24) is 5.32 Å². The Morgan fingerprint density at radius 1 is 1.59 bits per heavy atom. The highest BCUT2D eigenvalue weighted by atomic mass is 32.1. The van der Waals surface area contributed by atoms with Gasteiger partial charge in [0.15, 0.2) is 0 Å². The molecule has 0 aliphatic rings. The lowest BCUT2D eigenvalue weighted by molar-refractivity contribution is -0.170. The molecule has 1 aromatic heterocycles. The molecule has 17 heavy (non-hydrogen) atoms. The number of carbonyl (C=O) groups excluding carboxylic acids is 1. The fraction of sp³-hybridized carbons (Fsp3) is 0.545. The van der Waals surface area contributed by atoms with E-state index in [-0.39, 0.29) is 6.61 Å². The molecule has 0 aliphatic heterocycles. The van der Waals surface area contributed by atoms with E-state index in [1.165, 1.54) is 6.92 Å². The largest absolute Gasteiger partial charge is 0.462 e. The molecule has 0 aliphatic carbocycles. The maximum Gasteiger partial charge on any atom is 0.378 e. The van der Waals surface area contributed by atoms with E-state index in [2.05, 4.69) is 10.1 Å². The Hall–Kier alpha value is -1.01. The van der Waals surface area contributed by atoms with Crippen molar-refractivity contribution >= 4 is 17.3 Å². The highest BCUT2D eigenvalue weighted by Gasteiger charge is 2.39. The molecule has 1 aromatic rings. The number of alkyl halides is 2. The molecule has 6 heteroatoms. The average Bonchev–Trinajstić information content (AvgIpc) is 2.77. The van der Waals surface area contributed by atoms with Gasteiger partial charge in [-0.1, -0.05) is 6.07 Å². The minimum atomic E-state index is -3.45. The first-order valence-corrected chi connectivity index (χ1v) is 6.22. The zero-order valence-electron chi connectivity index (χ0n) is 9.54. The first kappa shape index (κ1) is 14.1. The van der Waals surface area contributed by atoms with Crippen molar-refractivity contribution in [2.75, 3.05) is 19.7 Å². The molecule has 1 N–H and O–H groups in total. The minimum Gasteiger partial charge on any atom is -0.462 e. The lowest BCUT2D eigenvalue weighted by Gasteiger charge is -2.14. The quantitative estimate of drug-likeness (QED) is 0.604. The molecule has 0 spiro atoms. The summed E-state index contributed by atoms with van der Waals surface area (Å²) >= 11 is 1.58. The molecule has 3 nitrogen and oxygen atoms in total. The fourth-order valence-corrected chi connectivity index (χ4v) is 1.93. The third-order valence-corrected chi connectivity index (χ3v) is 2.99. The lowest BCUT2D eigenvalue weighted by atomic mass is 10.3. The summed E-state index contributed by atoms with van der Waals surface area (Å²) in [6, 6.07) is 3.85. The van der Waals surface area contributed by atoms with E-state index >= 15 is 0 Å². The summed E-state index contributed by atoms with van der Waals surface area (Å²) in [5.74, 6) is -4.92. The highest BCUT2D eigenvalue weighted by Crippen LogP contribution is 2.14. The van der Waals surface area contributed by atoms with Crippen LogP contribution in [0.4, 0.5) is 8.78 Å². The molecule has 0 saturated carbocycles. The van der Waals surface area contributed by atoms with Gasteiger partial charge >= 0.3 is 11.9 Å². The van der Waals surface area contributed by atoms with Crippen LogP contribution >= 0.6 is 11.3 Å². The van der Waals surface area contributed by atoms with Crippen LogP contribution in [-0.2, 0) is 16.0 Å². The van der Waals surface area contributed by atoms with Crippen LogP contribution in [0.25, 0.3) is 0 Å². The number of halogens is 2. The molecular weight excluding hydrogens is 248 g/mol. The Morgan fingerprint density at radius 3 is 2.94 bits per heavy atom. The smallest absolute Gasteiger partial charge is 0.378 e. The van der Waals surface area contributed by atoms with E-state index < -0.39 is 18.4 Å². The van der Waals surface area contributed by atoms with Crippen LogP contribution in [0.2, 0.25) is 0 Å². The number of rotatable bonds is 7. The van der Waals surface area contributed by atoms with Crippen LogP contribution in [-0.4, -0.2) is 31.6 Å². The van der Waals surface area contributed by atoms with Crippen LogP contribution in [0.5, 0.6) is 0 Å². The molecule has 0 saturated heterocycles. The molecule has 0 aromatic carbocycles. The SMILES string of the molecule is CCOC(=O)C(F)(F)CNCCc1cccs1. The van der Waals surface area contributed by atoms with E-state index in [9.17, 15) is 13.6 Å². The molecule has 1 heterocycles. The summed E-state index contributed by atoms with van der Waals surface area (Å²) in [6.07, 6.45) is 0.677. The van der Waals surface area contributed by atoms with Crippen LogP contribution in [0, 0.1) is 0 Å². The second kappa shape index (κ2) is 6.66. The Morgan fingerprint density at radius 2 is 2.35 bits per heavy atom. The van der Waals surface area contributed by atoms with Gasteiger partial charge in [-0.2, -0.15) is 8.78 Å². The van der Waals surface area contributed by atoms with E-state index in [0.29, 0.717) is 13.0 Å². The third-order valence-electron chi connectivity index (χ3n) is 2.05. The number of thiophene rings is 1. The molecular formula is C11H15F2NO2S. The van der Waals surface area contributed by atoms with Crippen LogP contribution in [0.1, 0.15) is 11.8 Å². The normalized spacial score (nSPS) is 11.5. The van der Waals surface area contributed by atoms with Gasteiger partial charge in [0, 0.05) is 11.4 Å². The molecule has 0 atom stereocenters. The maximum absolute atomic E-state index is 13.1. The van der Waals surface area contributed by atoms with Crippen molar-refractivity contribution in [3.63, 3.8) is 0 Å². The van der Waals surface area contributed by atoms with E-state index in [1.807, 2.05) is 17.5 Å². The Kier molecular flexibility index (Phi) is 5.50. The van der Waals surface area contributed by atoms with Crippen molar-refractivity contribution in [2.45, 2.75) is 19.3 Å². The minimum absolute atomic E-state index is 0.0381. The number of ether oxygens (including phenoxy) is 1. The predicted octanol–water partition coefficient (Wildman–Crippen LogP) is 2.08. The second-order valence-electron chi connectivity index (χ2n) is 3.43. The predicted molar refractivity (Wildman–Crippen MR) is 62.5 cm³/mol. The average molecular weight is 263 g/mol. The molecule has 1 rings (SSSR count). The first-order chi connectivity index (χ1) is 8.06. The summed E-state index contributed by atoms with van der Waals surface area (Å²) in [5.41, 5.74) is 0. The summed E-state index contributed by atoms with van der Waals surface area (Å²) in [5, 5.41) is 4.49. The van der Waals surface area contributed by atoms with Crippen molar-refractivity contribution < 1.29 is 18.3 Å². The van der Waals surface area contributed by atoms with Gasteiger partial charge in [0.25, 0.3) is 0 Å². The first-order valence-electron chi connectivity index (χ1n) is 5.34. The van der Waals surface area contributed by atoms with Crippen LogP contribution in [0.15, 0.2) is 17.5 Å². The number of esters is 1. The topological polar surface area (TPSA) is 38.3 Å². The van der Waals surface area contributed by atoms with E-state index in [4.69, 9.17) is 0 Å². The van der Waals surface area contributed by atoms with Gasteiger partial charge in [0.2, 0.25) is 0 Å². The van der Waals surface area contributed by atoms with Gasteiger partial charge in [-0.3, -0.25) is 0 Å². The van der Waals surface area contributed by atoms with Gasteiger partial charge in [0.05, 0.1) is 13.2 Å². The molecule has 0 bridgehead atoms. The van der Waals surface area contributed by atoms with Crippen molar-refractivity contribution in [2.24, 2.45) is 0 Å². The van der Waals surface area contributed by atoms with Gasteiger partial charge in [-0.05, 0) is 24.8 Å². The van der Waals surface area contributed by atoms with Gasteiger partial charge in [-0.15, -0.1) is 11.3 Å². The van der Waals surface area contributed by atoms with Crippen molar-refractivity contribution in [1.29, 1.82) is 0 Å². The van der Waals surface area contributed by atoms with Crippen molar-refractivity contribution in [3.8, 4) is 0 Å². The van der Waals surface area contributed by atoms with Gasteiger partial charge in [0.1, 0.15) is 0 Å². The fourth-order valence-electron chi connectivity index (χ4n) is 1.22.